The normalized spacial score (nSPS) is 28.0. The van der Waals surface area contributed by atoms with Gasteiger partial charge in [0.25, 0.3) is 0 Å². The minimum Gasteiger partial charge on any atom is -0.463 e. The summed E-state index contributed by atoms with van der Waals surface area (Å²) in [4.78, 5) is 33.6. The van der Waals surface area contributed by atoms with Gasteiger partial charge < -0.3 is 19.5 Å². The maximum Gasteiger partial charge on any atom is 0.303 e. The van der Waals surface area contributed by atoms with Gasteiger partial charge in [0.15, 0.2) is 6.10 Å². The van der Waals surface area contributed by atoms with Crippen LogP contribution < -0.4 is 5.32 Å². The molecule has 1 aliphatic heterocycles. The van der Waals surface area contributed by atoms with Crippen LogP contribution in [0.25, 0.3) is 0 Å². The Kier molecular flexibility index (Phi) is 6.97. The molecule has 21 heavy (non-hydrogen) atoms. The van der Waals surface area contributed by atoms with Crippen LogP contribution in [0.5, 0.6) is 0 Å². The molecule has 1 N–H and O–H groups in total. The number of amides is 1. The van der Waals surface area contributed by atoms with E-state index in [1.807, 2.05) is 6.92 Å². The van der Waals surface area contributed by atoms with E-state index in [-0.39, 0.29) is 18.0 Å². The quantitative estimate of drug-likeness (QED) is 0.711. The van der Waals surface area contributed by atoms with Crippen LogP contribution in [-0.2, 0) is 28.6 Å². The Morgan fingerprint density at radius 3 is 2.33 bits per heavy atom. The van der Waals surface area contributed by atoms with E-state index in [0.717, 1.165) is 5.75 Å². The highest BCUT2D eigenvalue weighted by Crippen LogP contribution is 2.31. The molecule has 1 amide bonds. The summed E-state index contributed by atoms with van der Waals surface area (Å²) in [6.45, 7) is 5.90. The van der Waals surface area contributed by atoms with E-state index in [0.29, 0.717) is 0 Å². The van der Waals surface area contributed by atoms with Gasteiger partial charge in [0.2, 0.25) is 5.91 Å². The predicted octanol–water partition coefficient (Wildman–Crippen LogP) is 0.464. The van der Waals surface area contributed by atoms with Crippen LogP contribution in [0.15, 0.2) is 0 Å². The van der Waals surface area contributed by atoms with Crippen LogP contribution in [0, 0.1) is 0 Å². The van der Waals surface area contributed by atoms with Crippen molar-refractivity contribution in [2.45, 2.75) is 51.4 Å². The highest BCUT2D eigenvalue weighted by molar-refractivity contribution is 7.99. The number of esters is 2. The largest absolute Gasteiger partial charge is 0.463 e. The number of carbonyl (C=O) groups is 3. The lowest BCUT2D eigenvalue weighted by atomic mass is 10.1. The van der Waals surface area contributed by atoms with Gasteiger partial charge in [-0.2, -0.15) is 0 Å². The van der Waals surface area contributed by atoms with Gasteiger partial charge in [-0.05, 0) is 5.75 Å². The van der Waals surface area contributed by atoms with Crippen molar-refractivity contribution in [1.29, 1.82) is 0 Å². The minimum atomic E-state index is -0.685. The second-order valence-corrected chi connectivity index (χ2v) is 5.98. The minimum absolute atomic E-state index is 0.0237. The number of hydrogen-bond donors (Lipinski definition) is 1. The van der Waals surface area contributed by atoms with Crippen molar-refractivity contribution < 1.29 is 28.6 Å². The van der Waals surface area contributed by atoms with Gasteiger partial charge in [-0.1, -0.05) is 6.92 Å². The van der Waals surface area contributed by atoms with Crippen molar-refractivity contribution in [2.24, 2.45) is 0 Å². The molecular weight excluding hydrogens is 298 g/mol. The Morgan fingerprint density at radius 1 is 1.19 bits per heavy atom. The van der Waals surface area contributed by atoms with Gasteiger partial charge in [0.1, 0.15) is 24.2 Å². The van der Waals surface area contributed by atoms with Crippen LogP contribution in [0.1, 0.15) is 27.7 Å². The summed E-state index contributed by atoms with van der Waals surface area (Å²) in [5.74, 6) is -0.388. The number of carbonyl (C=O) groups excluding carboxylic acids is 3. The van der Waals surface area contributed by atoms with Gasteiger partial charge in [-0.25, -0.2) is 0 Å². The van der Waals surface area contributed by atoms with Crippen LogP contribution in [0.4, 0.5) is 0 Å². The first-order valence-electron chi connectivity index (χ1n) is 6.69. The van der Waals surface area contributed by atoms with Crippen LogP contribution in [0.3, 0.4) is 0 Å². The zero-order chi connectivity index (χ0) is 16.0. The van der Waals surface area contributed by atoms with Gasteiger partial charge in [-0.15, -0.1) is 11.8 Å². The Bertz CT molecular complexity index is 402. The van der Waals surface area contributed by atoms with Gasteiger partial charge in [-0.3, -0.25) is 14.4 Å². The van der Waals surface area contributed by atoms with E-state index in [1.165, 1.54) is 32.5 Å². The molecule has 1 aliphatic rings. The average molecular weight is 319 g/mol. The first-order valence-corrected chi connectivity index (χ1v) is 7.74. The maximum atomic E-state index is 11.4. The highest BCUT2D eigenvalue weighted by atomic mass is 32.2. The summed E-state index contributed by atoms with van der Waals surface area (Å²) in [7, 11) is 0. The molecule has 120 valence electrons. The monoisotopic (exact) mass is 319 g/mol. The fraction of sp³-hybridized carbons (Fsp3) is 0.769. The zero-order valence-electron chi connectivity index (χ0n) is 12.6. The second kappa shape index (κ2) is 8.23. The molecule has 0 unspecified atom stereocenters. The zero-order valence-corrected chi connectivity index (χ0v) is 13.4. The summed E-state index contributed by atoms with van der Waals surface area (Å²) in [5, 5.41) is 2.75. The SMILES string of the molecule is CCS[C@@H]1O[C@@H](COC(C)=O)[C@@H](OC(C)=O)[C@@H]1NC(C)=O. The lowest BCUT2D eigenvalue weighted by Crippen LogP contribution is -2.48. The number of hydrogen-bond acceptors (Lipinski definition) is 7. The van der Waals surface area contributed by atoms with E-state index in [9.17, 15) is 14.4 Å². The van der Waals surface area contributed by atoms with E-state index in [4.69, 9.17) is 14.2 Å². The molecule has 1 fully saturated rings. The fourth-order valence-corrected chi connectivity index (χ4v) is 3.07. The molecule has 4 atom stereocenters. The smallest absolute Gasteiger partial charge is 0.303 e. The molecule has 0 aromatic heterocycles. The topological polar surface area (TPSA) is 90.9 Å². The molecule has 1 heterocycles. The first kappa shape index (κ1) is 17.8. The van der Waals surface area contributed by atoms with Crippen molar-refractivity contribution >= 4 is 29.6 Å². The van der Waals surface area contributed by atoms with E-state index < -0.39 is 30.2 Å². The molecule has 0 spiro atoms. The van der Waals surface area contributed by atoms with Crippen LogP contribution in [0.2, 0.25) is 0 Å². The molecule has 0 saturated carbocycles. The Labute approximate surface area is 128 Å². The molecule has 8 heteroatoms. The average Bonchev–Trinajstić information content (AvgIpc) is 2.65. The molecule has 1 rings (SSSR count). The lowest BCUT2D eigenvalue weighted by Gasteiger charge is -2.23. The second-order valence-electron chi connectivity index (χ2n) is 4.60. The molecule has 0 aromatic rings. The number of nitrogens with one attached hydrogen (secondary N) is 1. The molecule has 7 nitrogen and oxygen atoms in total. The van der Waals surface area contributed by atoms with E-state index in [2.05, 4.69) is 5.32 Å². The molecule has 1 saturated heterocycles. The summed E-state index contributed by atoms with van der Waals surface area (Å²) in [5.41, 5.74) is -0.358. The van der Waals surface area contributed by atoms with Crippen molar-refractivity contribution in [3.05, 3.63) is 0 Å². The van der Waals surface area contributed by atoms with Crippen molar-refractivity contribution in [3.8, 4) is 0 Å². The van der Waals surface area contributed by atoms with Gasteiger partial charge in [0, 0.05) is 20.8 Å². The molecular formula is C13H21NO6S. The third kappa shape index (κ3) is 5.55. The molecule has 0 aliphatic carbocycles. The summed E-state index contributed by atoms with van der Waals surface area (Å²) < 4.78 is 16.0. The Balaban J connectivity index is 2.87. The highest BCUT2D eigenvalue weighted by Gasteiger charge is 2.47. The van der Waals surface area contributed by atoms with E-state index >= 15 is 0 Å². The van der Waals surface area contributed by atoms with E-state index in [1.54, 1.807) is 0 Å². The lowest BCUT2D eigenvalue weighted by molar-refractivity contribution is -0.155. The first-order chi connectivity index (χ1) is 9.85. The van der Waals surface area contributed by atoms with Gasteiger partial charge in [0.05, 0.1) is 0 Å². The van der Waals surface area contributed by atoms with Crippen molar-refractivity contribution in [1.82, 2.24) is 5.32 Å². The third-order valence-electron chi connectivity index (χ3n) is 2.78. The summed E-state index contributed by atoms with van der Waals surface area (Å²) in [6, 6.07) is -0.475. The molecule has 0 radical (unpaired) electrons. The van der Waals surface area contributed by atoms with Crippen molar-refractivity contribution in [3.63, 3.8) is 0 Å². The maximum absolute atomic E-state index is 11.4. The fourth-order valence-electron chi connectivity index (χ4n) is 2.09. The number of thioether (sulfide) groups is 1. The van der Waals surface area contributed by atoms with Gasteiger partial charge >= 0.3 is 11.9 Å². The van der Waals surface area contributed by atoms with Crippen LogP contribution >= 0.6 is 11.8 Å². The Morgan fingerprint density at radius 2 is 1.86 bits per heavy atom. The summed E-state index contributed by atoms with van der Waals surface area (Å²) >= 11 is 1.49. The van der Waals surface area contributed by atoms with Crippen LogP contribution in [-0.4, -0.2) is 53.9 Å². The Hall–Kier alpha value is -1.28. The predicted molar refractivity (Wildman–Crippen MR) is 76.6 cm³/mol. The standard InChI is InChI=1S/C13H21NO6S/c1-5-21-13-11(14-7(2)15)12(19-9(4)17)10(20-13)6-18-8(3)16/h10-13H,5-6H2,1-4H3,(H,14,15)/t10-,11-,12+,13-/m0/s1. The van der Waals surface area contributed by atoms with Crippen molar-refractivity contribution in [2.75, 3.05) is 12.4 Å². The summed E-state index contributed by atoms with van der Waals surface area (Å²) in [6.07, 6.45) is -1.28. The third-order valence-corrected chi connectivity index (χ3v) is 3.84. The molecule has 0 aromatic carbocycles. The number of ether oxygens (including phenoxy) is 3. The molecule has 0 bridgehead atoms. The number of rotatable bonds is 6.